The van der Waals surface area contributed by atoms with Crippen molar-refractivity contribution in [3.8, 4) is 0 Å². The van der Waals surface area contributed by atoms with E-state index in [1.165, 1.54) is 11.3 Å². The van der Waals surface area contributed by atoms with Crippen LogP contribution >= 0.6 is 0 Å². The Bertz CT molecular complexity index is 285. The van der Waals surface area contributed by atoms with E-state index < -0.39 is 0 Å². The van der Waals surface area contributed by atoms with Crippen LogP contribution in [-0.2, 0) is 6.54 Å². The second-order valence-corrected chi connectivity index (χ2v) is 3.80. The lowest BCUT2D eigenvalue weighted by Crippen LogP contribution is -2.06. The van der Waals surface area contributed by atoms with Gasteiger partial charge >= 0.3 is 0 Å². The topological polar surface area (TPSA) is 12.4 Å². The molecule has 1 rings (SSSR count). The molecule has 0 saturated heterocycles. The van der Waals surface area contributed by atoms with Crippen molar-refractivity contribution < 1.29 is 0 Å². The van der Waals surface area contributed by atoms with Crippen LogP contribution in [0.1, 0.15) is 32.8 Å². The van der Waals surface area contributed by atoms with E-state index in [0.29, 0.717) is 5.92 Å². The normalized spacial score (nSPS) is 12.1. The molecule has 0 fully saturated rings. The molecule has 0 atom stereocenters. The molecule has 0 aliphatic rings. The molecule has 0 saturated carbocycles. The van der Waals surface area contributed by atoms with Crippen LogP contribution in [0.2, 0.25) is 0 Å². The van der Waals surface area contributed by atoms with Gasteiger partial charge in [0.25, 0.3) is 0 Å². The first-order valence-corrected chi connectivity index (χ1v) is 5.31. The van der Waals surface area contributed by atoms with Crippen LogP contribution in [0.25, 0.3) is 0 Å². The van der Waals surface area contributed by atoms with Crippen LogP contribution in [-0.4, -0.2) is 5.71 Å². The minimum Gasteiger partial charge on any atom is -0.289 e. The fraction of sp³-hybridized carbons (Fsp3) is 0.462. The van der Waals surface area contributed by atoms with Gasteiger partial charge in [0, 0.05) is 5.71 Å². The third-order valence-corrected chi connectivity index (χ3v) is 2.34. The summed E-state index contributed by atoms with van der Waals surface area (Å²) in [5.74, 6) is 0.573. The van der Waals surface area contributed by atoms with Gasteiger partial charge in [-0.15, -0.1) is 0 Å². The van der Waals surface area contributed by atoms with Gasteiger partial charge in [0.05, 0.1) is 6.54 Å². The molecule has 0 radical (unpaired) electrons. The van der Waals surface area contributed by atoms with Gasteiger partial charge in [0.2, 0.25) is 0 Å². The fourth-order valence-corrected chi connectivity index (χ4v) is 1.48. The monoisotopic (exact) mass is 189 g/mol. The van der Waals surface area contributed by atoms with E-state index in [1.807, 2.05) is 6.07 Å². The summed E-state index contributed by atoms with van der Waals surface area (Å²) >= 11 is 0. The Kier molecular flexibility index (Phi) is 4.37. The average Bonchev–Trinajstić information content (AvgIpc) is 2.20. The van der Waals surface area contributed by atoms with Crippen molar-refractivity contribution in [2.75, 3.05) is 0 Å². The first-order chi connectivity index (χ1) is 6.74. The molecule has 0 unspecified atom stereocenters. The molecule has 1 aromatic rings. The van der Waals surface area contributed by atoms with Gasteiger partial charge in [-0.3, -0.25) is 4.99 Å². The van der Waals surface area contributed by atoms with E-state index in [1.54, 1.807) is 0 Å². The summed E-state index contributed by atoms with van der Waals surface area (Å²) in [5, 5.41) is 0. The predicted octanol–water partition coefficient (Wildman–Crippen LogP) is 3.69. The van der Waals surface area contributed by atoms with Gasteiger partial charge in [-0.2, -0.15) is 0 Å². The number of benzene rings is 1. The van der Waals surface area contributed by atoms with Crippen LogP contribution < -0.4 is 0 Å². The van der Waals surface area contributed by atoms with Gasteiger partial charge in [-0.25, -0.2) is 0 Å². The number of nitrogens with zero attached hydrogens (tertiary/aromatic N) is 1. The lowest BCUT2D eigenvalue weighted by atomic mass is 10.1. The summed E-state index contributed by atoms with van der Waals surface area (Å²) in [5.41, 5.74) is 2.60. The molecule has 0 aliphatic carbocycles. The maximum Gasteiger partial charge on any atom is 0.0639 e. The van der Waals surface area contributed by atoms with Gasteiger partial charge in [-0.1, -0.05) is 51.1 Å². The minimum absolute atomic E-state index is 0.573. The first-order valence-electron chi connectivity index (χ1n) is 5.31. The molecular formula is C13H19N. The summed E-state index contributed by atoms with van der Waals surface area (Å²) in [6, 6.07) is 10.4. The third-order valence-electron chi connectivity index (χ3n) is 2.34. The highest BCUT2D eigenvalue weighted by Gasteiger charge is 2.01. The predicted molar refractivity (Wildman–Crippen MR) is 62.7 cm³/mol. The van der Waals surface area contributed by atoms with E-state index in [-0.39, 0.29) is 0 Å². The molecular weight excluding hydrogens is 170 g/mol. The van der Waals surface area contributed by atoms with Gasteiger partial charge < -0.3 is 0 Å². The van der Waals surface area contributed by atoms with E-state index in [2.05, 4.69) is 50.0 Å². The maximum absolute atomic E-state index is 4.63. The Hall–Kier alpha value is -1.11. The second-order valence-electron chi connectivity index (χ2n) is 3.80. The Balaban J connectivity index is 2.62. The highest BCUT2D eigenvalue weighted by Crippen LogP contribution is 2.05. The lowest BCUT2D eigenvalue weighted by molar-refractivity contribution is 0.839. The van der Waals surface area contributed by atoms with Crippen LogP contribution in [0.4, 0.5) is 0 Å². The summed E-state index contributed by atoms with van der Waals surface area (Å²) in [7, 11) is 0. The Morgan fingerprint density at radius 1 is 1.21 bits per heavy atom. The molecule has 1 heteroatoms. The SMILES string of the molecule is CCC(=NCc1ccccc1)C(C)C. The van der Waals surface area contributed by atoms with E-state index >= 15 is 0 Å². The zero-order valence-corrected chi connectivity index (χ0v) is 9.33. The van der Waals surface area contributed by atoms with E-state index in [0.717, 1.165) is 13.0 Å². The Labute approximate surface area is 86.9 Å². The smallest absolute Gasteiger partial charge is 0.0639 e. The van der Waals surface area contributed by atoms with Crippen molar-refractivity contribution in [2.45, 2.75) is 33.7 Å². The number of rotatable bonds is 4. The summed E-state index contributed by atoms with van der Waals surface area (Å²) in [6.07, 6.45) is 1.06. The summed E-state index contributed by atoms with van der Waals surface area (Å²) < 4.78 is 0. The Morgan fingerprint density at radius 3 is 2.36 bits per heavy atom. The maximum atomic E-state index is 4.63. The molecule has 0 spiro atoms. The molecule has 0 heterocycles. The first kappa shape index (κ1) is 11.0. The van der Waals surface area contributed by atoms with Crippen molar-refractivity contribution >= 4 is 5.71 Å². The quantitative estimate of drug-likeness (QED) is 0.640. The molecule has 0 bridgehead atoms. The van der Waals surface area contributed by atoms with Crippen molar-refractivity contribution in [3.63, 3.8) is 0 Å². The van der Waals surface area contributed by atoms with Crippen LogP contribution in [0.5, 0.6) is 0 Å². The zero-order valence-electron chi connectivity index (χ0n) is 9.33. The number of hydrogen-bond donors (Lipinski definition) is 0. The van der Waals surface area contributed by atoms with Gasteiger partial charge in [-0.05, 0) is 17.9 Å². The highest BCUT2D eigenvalue weighted by molar-refractivity contribution is 5.85. The van der Waals surface area contributed by atoms with E-state index in [4.69, 9.17) is 0 Å². The van der Waals surface area contributed by atoms with Crippen molar-refractivity contribution in [3.05, 3.63) is 35.9 Å². The standard InChI is InChI=1S/C13H19N/c1-4-13(11(2)3)14-10-12-8-6-5-7-9-12/h5-9,11H,4,10H2,1-3H3. The summed E-state index contributed by atoms with van der Waals surface area (Å²) in [6.45, 7) is 7.40. The van der Waals surface area contributed by atoms with Gasteiger partial charge in [0.15, 0.2) is 0 Å². The molecule has 0 amide bonds. The molecule has 0 aliphatic heterocycles. The van der Waals surface area contributed by atoms with Gasteiger partial charge in [0.1, 0.15) is 0 Å². The van der Waals surface area contributed by atoms with Crippen LogP contribution in [0, 0.1) is 5.92 Å². The fourth-order valence-electron chi connectivity index (χ4n) is 1.48. The lowest BCUT2D eigenvalue weighted by Gasteiger charge is -2.07. The van der Waals surface area contributed by atoms with Crippen molar-refractivity contribution in [1.29, 1.82) is 0 Å². The molecule has 1 aromatic carbocycles. The molecule has 14 heavy (non-hydrogen) atoms. The van der Waals surface area contributed by atoms with Crippen LogP contribution in [0.15, 0.2) is 35.3 Å². The largest absolute Gasteiger partial charge is 0.289 e. The molecule has 1 nitrogen and oxygen atoms in total. The highest BCUT2D eigenvalue weighted by atomic mass is 14.7. The zero-order chi connectivity index (χ0) is 10.4. The Morgan fingerprint density at radius 2 is 1.86 bits per heavy atom. The molecule has 76 valence electrons. The number of aliphatic imine (C=N–C) groups is 1. The molecule has 0 aromatic heterocycles. The minimum atomic E-state index is 0.573. The summed E-state index contributed by atoms with van der Waals surface area (Å²) in [4.78, 5) is 4.63. The van der Waals surface area contributed by atoms with Crippen molar-refractivity contribution in [1.82, 2.24) is 0 Å². The van der Waals surface area contributed by atoms with Crippen LogP contribution in [0.3, 0.4) is 0 Å². The van der Waals surface area contributed by atoms with E-state index in [9.17, 15) is 0 Å². The number of hydrogen-bond acceptors (Lipinski definition) is 1. The van der Waals surface area contributed by atoms with Crippen molar-refractivity contribution in [2.24, 2.45) is 10.9 Å². The third kappa shape index (κ3) is 3.33. The second kappa shape index (κ2) is 5.58. The molecule has 0 N–H and O–H groups in total. The average molecular weight is 189 g/mol.